The van der Waals surface area contributed by atoms with Crippen molar-refractivity contribution in [1.29, 1.82) is 0 Å². The molecule has 2 rings (SSSR count). The molecule has 4 heteroatoms. The van der Waals surface area contributed by atoms with Gasteiger partial charge in [-0.3, -0.25) is 0 Å². The molecule has 0 radical (unpaired) electrons. The lowest BCUT2D eigenvalue weighted by Gasteiger charge is -2.05. The second kappa shape index (κ2) is 7.75. The van der Waals surface area contributed by atoms with E-state index in [1.165, 1.54) is 13.2 Å². The molecule has 2 aromatic rings. The second-order valence-corrected chi connectivity index (χ2v) is 4.64. The van der Waals surface area contributed by atoms with E-state index in [2.05, 4.69) is 11.3 Å². The van der Waals surface area contributed by atoms with Crippen LogP contribution >= 0.6 is 0 Å². The van der Waals surface area contributed by atoms with Crippen molar-refractivity contribution in [3.63, 3.8) is 0 Å². The van der Waals surface area contributed by atoms with Crippen LogP contribution in [0.1, 0.15) is 21.5 Å². The Kier molecular flexibility index (Phi) is 5.47. The van der Waals surface area contributed by atoms with Gasteiger partial charge in [-0.15, -0.1) is 0 Å². The summed E-state index contributed by atoms with van der Waals surface area (Å²) in [5, 5.41) is 0. The van der Waals surface area contributed by atoms with Crippen LogP contribution in [0.15, 0.2) is 61.2 Å². The average Bonchev–Trinajstić information content (AvgIpc) is 2.60. The van der Waals surface area contributed by atoms with Crippen LogP contribution in [0.25, 0.3) is 12.2 Å². The van der Waals surface area contributed by atoms with E-state index in [9.17, 15) is 9.59 Å². The minimum absolute atomic E-state index is 0.398. The summed E-state index contributed by atoms with van der Waals surface area (Å²) in [6.45, 7) is 3.66. The van der Waals surface area contributed by atoms with Crippen molar-refractivity contribution in [1.82, 2.24) is 0 Å². The maximum absolute atomic E-state index is 12.1. The molecule has 0 spiro atoms. The number of carbonyl (C=O) groups excluding carboxylic acids is 2. The maximum atomic E-state index is 12.1. The molecular formula is C19H16O4. The number of rotatable bonds is 5. The summed E-state index contributed by atoms with van der Waals surface area (Å²) in [6, 6.07) is 13.8. The van der Waals surface area contributed by atoms with Crippen LogP contribution in [0.5, 0.6) is 5.75 Å². The highest BCUT2D eigenvalue weighted by molar-refractivity contribution is 5.91. The molecule has 116 valence electrons. The lowest BCUT2D eigenvalue weighted by Crippen LogP contribution is -2.08. The number of hydrogen-bond donors (Lipinski definition) is 0. The Morgan fingerprint density at radius 1 is 1.04 bits per heavy atom. The number of hydrogen-bond acceptors (Lipinski definition) is 4. The second-order valence-electron chi connectivity index (χ2n) is 4.64. The summed E-state index contributed by atoms with van der Waals surface area (Å²) in [7, 11) is 1.31. The highest BCUT2D eigenvalue weighted by Gasteiger charge is 2.08. The van der Waals surface area contributed by atoms with Crippen molar-refractivity contribution < 1.29 is 19.1 Å². The van der Waals surface area contributed by atoms with E-state index in [-0.39, 0.29) is 0 Å². The Hall–Kier alpha value is -3.14. The molecule has 0 fully saturated rings. The molecule has 0 unspecified atom stereocenters. The molecule has 0 saturated heterocycles. The normalized spacial score (nSPS) is 10.3. The van der Waals surface area contributed by atoms with Gasteiger partial charge in [-0.05, 0) is 41.5 Å². The number of ether oxygens (including phenoxy) is 2. The summed E-state index contributed by atoms with van der Waals surface area (Å²) in [6.07, 6.45) is 4.59. The predicted octanol–water partition coefficient (Wildman–Crippen LogP) is 3.74. The topological polar surface area (TPSA) is 52.6 Å². The van der Waals surface area contributed by atoms with E-state index in [1.54, 1.807) is 60.7 Å². The van der Waals surface area contributed by atoms with Crippen molar-refractivity contribution >= 4 is 24.1 Å². The summed E-state index contributed by atoms with van der Waals surface area (Å²) in [4.78, 5) is 23.2. The molecule has 0 saturated carbocycles. The van der Waals surface area contributed by atoms with Crippen LogP contribution in [-0.4, -0.2) is 19.0 Å². The van der Waals surface area contributed by atoms with E-state index in [1.807, 2.05) is 0 Å². The van der Waals surface area contributed by atoms with Gasteiger partial charge in [-0.2, -0.15) is 0 Å². The molecule has 0 aliphatic heterocycles. The van der Waals surface area contributed by atoms with E-state index in [0.717, 1.165) is 11.1 Å². The third kappa shape index (κ3) is 4.68. The molecule has 23 heavy (non-hydrogen) atoms. The van der Waals surface area contributed by atoms with Gasteiger partial charge in [0, 0.05) is 6.08 Å². The van der Waals surface area contributed by atoms with Crippen molar-refractivity contribution in [2.24, 2.45) is 0 Å². The first-order chi connectivity index (χ1) is 11.1. The van der Waals surface area contributed by atoms with Gasteiger partial charge in [0.05, 0.1) is 12.7 Å². The molecule has 0 N–H and O–H groups in total. The number of carbonyl (C=O) groups is 2. The Balaban J connectivity index is 2.09. The van der Waals surface area contributed by atoms with E-state index < -0.39 is 11.9 Å². The van der Waals surface area contributed by atoms with Crippen molar-refractivity contribution in [3.8, 4) is 5.75 Å². The van der Waals surface area contributed by atoms with Gasteiger partial charge < -0.3 is 9.47 Å². The monoisotopic (exact) mass is 308 g/mol. The fraction of sp³-hybridized carbons (Fsp3) is 0.0526. The maximum Gasteiger partial charge on any atom is 0.343 e. The van der Waals surface area contributed by atoms with Crippen LogP contribution in [0.2, 0.25) is 0 Å². The zero-order valence-electron chi connectivity index (χ0n) is 12.7. The largest absolute Gasteiger partial charge is 0.466 e. The van der Waals surface area contributed by atoms with Crippen LogP contribution in [0, 0.1) is 0 Å². The Morgan fingerprint density at radius 3 is 2.43 bits per heavy atom. The van der Waals surface area contributed by atoms with Gasteiger partial charge in [0.25, 0.3) is 0 Å². The standard InChI is InChI=1S/C19H16O4/c1-3-14-7-10-16(11-8-14)19(21)23-17-6-4-5-15(13-17)9-12-18(20)22-2/h3-13H,1H2,2H3/b12-9+. The van der Waals surface area contributed by atoms with E-state index in [0.29, 0.717) is 11.3 Å². The number of esters is 2. The lowest BCUT2D eigenvalue weighted by molar-refractivity contribution is -0.134. The Bertz CT molecular complexity index is 742. The first kappa shape index (κ1) is 16.2. The molecule has 2 aromatic carbocycles. The lowest BCUT2D eigenvalue weighted by atomic mass is 10.1. The van der Waals surface area contributed by atoms with Gasteiger partial charge in [0.15, 0.2) is 0 Å². The van der Waals surface area contributed by atoms with E-state index >= 15 is 0 Å². The zero-order chi connectivity index (χ0) is 16.7. The van der Waals surface area contributed by atoms with Gasteiger partial charge >= 0.3 is 11.9 Å². The molecule has 4 nitrogen and oxygen atoms in total. The quantitative estimate of drug-likeness (QED) is 0.480. The summed E-state index contributed by atoms with van der Waals surface area (Å²) in [5.41, 5.74) is 2.10. The molecule has 0 aliphatic rings. The first-order valence-corrected chi connectivity index (χ1v) is 6.93. The molecule has 0 aromatic heterocycles. The van der Waals surface area contributed by atoms with Crippen molar-refractivity contribution in [2.45, 2.75) is 0 Å². The van der Waals surface area contributed by atoms with Gasteiger partial charge in [0.2, 0.25) is 0 Å². The fourth-order valence-electron chi connectivity index (χ4n) is 1.84. The average molecular weight is 308 g/mol. The Morgan fingerprint density at radius 2 is 1.78 bits per heavy atom. The van der Waals surface area contributed by atoms with Gasteiger partial charge in [-0.1, -0.05) is 36.9 Å². The summed E-state index contributed by atoms with van der Waals surface area (Å²) in [5.74, 6) is -0.501. The first-order valence-electron chi connectivity index (χ1n) is 6.93. The van der Waals surface area contributed by atoms with Crippen LogP contribution < -0.4 is 4.74 Å². The zero-order valence-corrected chi connectivity index (χ0v) is 12.7. The van der Waals surface area contributed by atoms with Crippen molar-refractivity contribution in [2.75, 3.05) is 7.11 Å². The summed E-state index contributed by atoms with van der Waals surface area (Å²) < 4.78 is 9.86. The molecular weight excluding hydrogens is 292 g/mol. The van der Waals surface area contributed by atoms with Crippen LogP contribution in [0.3, 0.4) is 0 Å². The molecule has 0 amide bonds. The highest BCUT2D eigenvalue weighted by atomic mass is 16.5. The van der Waals surface area contributed by atoms with Crippen LogP contribution in [0.4, 0.5) is 0 Å². The smallest absolute Gasteiger partial charge is 0.343 e. The molecule has 0 bridgehead atoms. The third-order valence-electron chi connectivity index (χ3n) is 3.06. The van der Waals surface area contributed by atoms with Gasteiger partial charge in [0.1, 0.15) is 5.75 Å². The minimum Gasteiger partial charge on any atom is -0.466 e. The summed E-state index contributed by atoms with van der Waals surface area (Å²) >= 11 is 0. The molecule has 0 heterocycles. The fourth-order valence-corrected chi connectivity index (χ4v) is 1.84. The molecule has 0 aliphatic carbocycles. The SMILES string of the molecule is C=Cc1ccc(C(=O)Oc2cccc(/C=C/C(=O)OC)c2)cc1. The number of methoxy groups -OCH3 is 1. The Labute approximate surface area is 134 Å². The molecule has 0 atom stereocenters. The van der Waals surface area contributed by atoms with Crippen molar-refractivity contribution in [3.05, 3.63) is 77.9 Å². The predicted molar refractivity (Wildman–Crippen MR) is 89.0 cm³/mol. The third-order valence-corrected chi connectivity index (χ3v) is 3.06. The highest BCUT2D eigenvalue weighted by Crippen LogP contribution is 2.17. The van der Waals surface area contributed by atoms with Gasteiger partial charge in [-0.25, -0.2) is 9.59 Å². The van der Waals surface area contributed by atoms with E-state index in [4.69, 9.17) is 4.74 Å². The number of benzene rings is 2. The van der Waals surface area contributed by atoms with Crippen LogP contribution in [-0.2, 0) is 9.53 Å². The minimum atomic E-state index is -0.449.